The Morgan fingerprint density at radius 1 is 0.944 bits per heavy atom. The van der Waals surface area contributed by atoms with Gasteiger partial charge in [0.2, 0.25) is 0 Å². The summed E-state index contributed by atoms with van der Waals surface area (Å²) in [5.41, 5.74) is -4.95. The predicted molar refractivity (Wildman–Crippen MR) is 43.6 cm³/mol. The van der Waals surface area contributed by atoms with Crippen LogP contribution in [0.1, 0.15) is 0 Å². The van der Waals surface area contributed by atoms with E-state index in [-0.39, 0.29) is 0 Å². The van der Waals surface area contributed by atoms with Crippen molar-refractivity contribution in [2.24, 2.45) is 0 Å². The second kappa shape index (κ2) is 5.56. The van der Waals surface area contributed by atoms with Gasteiger partial charge >= 0.3 is 17.6 Å². The highest BCUT2D eigenvalue weighted by Gasteiger charge is 2.55. The molecular formula is C8H4F6O4. The molecule has 10 heteroatoms. The van der Waals surface area contributed by atoms with E-state index >= 15 is 0 Å². The molecule has 0 saturated carbocycles. The van der Waals surface area contributed by atoms with Gasteiger partial charge in [0.05, 0.1) is 0 Å². The Hall–Kier alpha value is -2.00. The van der Waals surface area contributed by atoms with E-state index in [9.17, 15) is 35.9 Å². The summed E-state index contributed by atoms with van der Waals surface area (Å²) in [5.74, 6) is -17.7. The lowest BCUT2D eigenvalue weighted by Gasteiger charge is -2.13. The minimum Gasteiger partial charge on any atom is -0.478 e. The van der Waals surface area contributed by atoms with Crippen molar-refractivity contribution in [3.05, 3.63) is 23.3 Å². The second-order valence-electron chi connectivity index (χ2n) is 2.75. The highest BCUT2D eigenvalue weighted by molar-refractivity contribution is 6.05. The third-order valence-corrected chi connectivity index (χ3v) is 1.63. The number of hydrogen-bond donors (Lipinski definition) is 2. The lowest BCUT2D eigenvalue weighted by molar-refractivity contribution is -0.164. The molecule has 0 aromatic rings. The van der Waals surface area contributed by atoms with Crippen molar-refractivity contribution in [2.75, 3.05) is 6.67 Å². The molecule has 0 unspecified atom stereocenters. The normalized spacial score (nSPS) is 14.8. The van der Waals surface area contributed by atoms with Crippen molar-refractivity contribution in [1.29, 1.82) is 0 Å². The molecule has 0 aliphatic heterocycles. The van der Waals surface area contributed by atoms with Crippen LogP contribution in [0, 0.1) is 0 Å². The van der Waals surface area contributed by atoms with Crippen LogP contribution in [-0.2, 0) is 9.59 Å². The van der Waals surface area contributed by atoms with Crippen LogP contribution in [0.4, 0.5) is 26.3 Å². The first-order valence-electron chi connectivity index (χ1n) is 3.92. The molecule has 102 valence electrons. The van der Waals surface area contributed by atoms with Crippen molar-refractivity contribution < 1.29 is 46.1 Å². The Labute approximate surface area is 94.8 Å². The Balaban J connectivity index is 5.95. The first kappa shape index (κ1) is 16.0. The molecule has 0 heterocycles. The highest BCUT2D eigenvalue weighted by Crippen LogP contribution is 2.33. The van der Waals surface area contributed by atoms with Crippen LogP contribution >= 0.6 is 0 Å². The van der Waals surface area contributed by atoms with Gasteiger partial charge in [-0.05, 0) is 0 Å². The lowest BCUT2D eigenvalue weighted by atomic mass is 10.0. The van der Waals surface area contributed by atoms with E-state index in [4.69, 9.17) is 10.2 Å². The Morgan fingerprint density at radius 3 is 1.61 bits per heavy atom. The number of carbonyl (C=O) groups is 2. The second-order valence-corrected chi connectivity index (χ2v) is 2.75. The lowest BCUT2D eigenvalue weighted by Crippen LogP contribution is -2.43. The Bertz CT molecular complexity index is 427. The van der Waals surface area contributed by atoms with Crippen LogP contribution in [-0.4, -0.2) is 34.5 Å². The Kier molecular flexibility index (Phi) is 4.94. The van der Waals surface area contributed by atoms with Crippen LogP contribution in [0.3, 0.4) is 0 Å². The van der Waals surface area contributed by atoms with Crippen molar-refractivity contribution in [3.63, 3.8) is 0 Å². The number of carboxylic acid groups (broad SMARTS) is 2. The molecule has 18 heavy (non-hydrogen) atoms. The molecule has 2 N–H and O–H groups in total. The molecular weight excluding hydrogens is 274 g/mol. The van der Waals surface area contributed by atoms with Gasteiger partial charge in [-0.3, -0.25) is 0 Å². The summed E-state index contributed by atoms with van der Waals surface area (Å²) in [4.78, 5) is 20.3. The van der Waals surface area contributed by atoms with Gasteiger partial charge in [-0.25, -0.2) is 35.9 Å². The molecule has 0 aromatic carbocycles. The minimum atomic E-state index is -4.95. The van der Waals surface area contributed by atoms with E-state index in [1.165, 1.54) is 0 Å². The first-order valence-corrected chi connectivity index (χ1v) is 3.92. The van der Waals surface area contributed by atoms with Crippen molar-refractivity contribution in [1.82, 2.24) is 0 Å². The maximum atomic E-state index is 13.1. The van der Waals surface area contributed by atoms with Crippen molar-refractivity contribution >= 4 is 11.9 Å². The predicted octanol–water partition coefficient (Wildman–Crippen LogP) is 2.13. The number of aliphatic carboxylic acids is 2. The molecule has 0 rings (SSSR count). The molecule has 0 aliphatic rings. The highest BCUT2D eigenvalue weighted by atomic mass is 19.2. The summed E-state index contributed by atoms with van der Waals surface area (Å²) >= 11 is 0. The summed E-state index contributed by atoms with van der Waals surface area (Å²) < 4.78 is 75.1. The van der Waals surface area contributed by atoms with Crippen LogP contribution in [0.5, 0.6) is 0 Å². The molecule has 0 aromatic heterocycles. The summed E-state index contributed by atoms with van der Waals surface area (Å²) in [7, 11) is 0. The van der Waals surface area contributed by atoms with Gasteiger partial charge in [0.15, 0.2) is 23.3 Å². The first-order chi connectivity index (χ1) is 8.10. The smallest absolute Gasteiger partial charge is 0.360 e. The summed E-state index contributed by atoms with van der Waals surface area (Å²) in [6.07, 6.45) is 0. The number of carboxylic acids is 2. The van der Waals surface area contributed by atoms with Gasteiger partial charge in [-0.1, -0.05) is 0 Å². The fraction of sp³-hybridized carbons (Fsp3) is 0.250. The van der Waals surface area contributed by atoms with Crippen molar-refractivity contribution in [3.8, 4) is 0 Å². The zero-order valence-corrected chi connectivity index (χ0v) is 8.19. The van der Waals surface area contributed by atoms with Gasteiger partial charge in [0.25, 0.3) is 0 Å². The van der Waals surface area contributed by atoms with Crippen LogP contribution in [0.15, 0.2) is 23.3 Å². The zero-order chi connectivity index (χ0) is 14.7. The van der Waals surface area contributed by atoms with Gasteiger partial charge in [-0.2, -0.15) is 0 Å². The fourth-order valence-corrected chi connectivity index (χ4v) is 0.705. The molecule has 0 atom stereocenters. The van der Waals surface area contributed by atoms with E-state index < -0.39 is 47.6 Å². The van der Waals surface area contributed by atoms with Gasteiger partial charge < -0.3 is 10.2 Å². The average Bonchev–Trinajstić information content (AvgIpc) is 2.33. The summed E-state index contributed by atoms with van der Waals surface area (Å²) in [5, 5.41) is 16.2. The summed E-state index contributed by atoms with van der Waals surface area (Å²) in [6.45, 7) is -2.22. The third kappa shape index (κ3) is 2.63. The standard InChI is InChI=1S/C8H4F6O4/c9-1-2(10)3(11)4(12)5(13)8(14,6(15)16)7(17)18/h1H2,(H,15,16)(H,17,18)/b3-2-,5-4+. The maximum Gasteiger partial charge on any atom is 0.360 e. The Morgan fingerprint density at radius 2 is 1.33 bits per heavy atom. The van der Waals surface area contributed by atoms with Gasteiger partial charge in [0, 0.05) is 0 Å². The van der Waals surface area contributed by atoms with E-state index in [1.807, 2.05) is 0 Å². The number of alkyl halides is 2. The SMILES string of the molecule is O=C(O)C(F)(C(=O)O)/C(F)=C(F)/C(F)=C(/F)CF. The molecule has 0 amide bonds. The van der Waals surface area contributed by atoms with E-state index in [0.29, 0.717) is 0 Å². The molecule has 0 bridgehead atoms. The number of halogens is 6. The average molecular weight is 278 g/mol. The third-order valence-electron chi connectivity index (χ3n) is 1.63. The van der Waals surface area contributed by atoms with Crippen LogP contribution < -0.4 is 0 Å². The largest absolute Gasteiger partial charge is 0.478 e. The molecule has 0 fully saturated rings. The molecule has 0 aliphatic carbocycles. The zero-order valence-electron chi connectivity index (χ0n) is 8.19. The number of hydrogen-bond acceptors (Lipinski definition) is 2. The topological polar surface area (TPSA) is 74.6 Å². The molecule has 4 nitrogen and oxygen atoms in total. The van der Waals surface area contributed by atoms with Gasteiger partial charge in [0.1, 0.15) is 6.67 Å². The van der Waals surface area contributed by atoms with Crippen molar-refractivity contribution in [2.45, 2.75) is 5.67 Å². The maximum absolute atomic E-state index is 13.1. The van der Waals surface area contributed by atoms with E-state index in [2.05, 4.69) is 0 Å². The van der Waals surface area contributed by atoms with Gasteiger partial charge in [-0.15, -0.1) is 0 Å². The molecule has 0 spiro atoms. The minimum absolute atomic E-state index is 2.22. The number of rotatable bonds is 5. The monoisotopic (exact) mass is 278 g/mol. The quantitative estimate of drug-likeness (QED) is 0.459. The fourth-order valence-electron chi connectivity index (χ4n) is 0.705. The molecule has 0 saturated heterocycles. The van der Waals surface area contributed by atoms with Crippen LogP contribution in [0.25, 0.3) is 0 Å². The van der Waals surface area contributed by atoms with E-state index in [0.717, 1.165) is 0 Å². The molecule has 0 radical (unpaired) electrons. The van der Waals surface area contributed by atoms with Crippen LogP contribution in [0.2, 0.25) is 0 Å². The summed E-state index contributed by atoms with van der Waals surface area (Å²) in [6, 6.07) is 0. The van der Waals surface area contributed by atoms with E-state index in [1.54, 1.807) is 0 Å². The number of allylic oxidation sites excluding steroid dienone is 3.